The molecular weight excluding hydrogens is 224 g/mol. The molecule has 18 heavy (non-hydrogen) atoms. The highest BCUT2D eigenvalue weighted by Crippen LogP contribution is 2.22. The van der Waals surface area contributed by atoms with Crippen molar-refractivity contribution in [2.24, 2.45) is 5.92 Å². The van der Waals surface area contributed by atoms with Gasteiger partial charge in [-0.25, -0.2) is 0 Å². The predicted octanol–water partition coefficient (Wildman–Crippen LogP) is 2.26. The fourth-order valence-electron chi connectivity index (χ4n) is 3.43. The second kappa shape index (κ2) is 6.88. The summed E-state index contributed by atoms with van der Waals surface area (Å²) in [5, 5.41) is 3.85. The second-order valence-electron chi connectivity index (χ2n) is 6.13. The highest BCUT2D eigenvalue weighted by molar-refractivity contribution is 4.83. The molecule has 2 aliphatic rings. The number of hydrogen-bond donors (Lipinski definition) is 1. The molecule has 0 amide bonds. The zero-order valence-corrected chi connectivity index (χ0v) is 12.3. The molecule has 0 saturated carbocycles. The molecule has 2 rings (SSSR count). The summed E-state index contributed by atoms with van der Waals surface area (Å²) in [5.74, 6) is 0.867. The molecule has 0 aliphatic carbocycles. The minimum atomic E-state index is 0.436. The van der Waals surface area contributed by atoms with Gasteiger partial charge in [-0.05, 0) is 65.1 Å². The summed E-state index contributed by atoms with van der Waals surface area (Å²) in [6, 6.07) is 1.34. The fraction of sp³-hybridized carbons (Fsp3) is 1.00. The molecule has 0 radical (unpaired) electrons. The Labute approximate surface area is 112 Å². The molecule has 2 heterocycles. The lowest BCUT2D eigenvalue weighted by molar-refractivity contribution is 0.00914. The van der Waals surface area contributed by atoms with Crippen molar-refractivity contribution >= 4 is 0 Å². The Hall–Kier alpha value is -0.120. The molecule has 0 bridgehead atoms. The van der Waals surface area contributed by atoms with Crippen LogP contribution in [0.4, 0.5) is 0 Å². The normalized spacial score (nSPS) is 33.5. The van der Waals surface area contributed by atoms with Crippen LogP contribution in [0, 0.1) is 5.92 Å². The Bertz CT molecular complexity index is 239. The van der Waals surface area contributed by atoms with Crippen molar-refractivity contribution in [1.82, 2.24) is 10.2 Å². The lowest BCUT2D eigenvalue weighted by Crippen LogP contribution is -2.47. The summed E-state index contributed by atoms with van der Waals surface area (Å²) < 4.78 is 5.62. The van der Waals surface area contributed by atoms with Gasteiger partial charge in [0.25, 0.3) is 0 Å². The molecule has 3 heteroatoms. The molecule has 0 aromatic heterocycles. The minimum Gasteiger partial charge on any atom is -0.378 e. The molecular formula is C15H30N2O. The molecule has 2 saturated heterocycles. The van der Waals surface area contributed by atoms with Gasteiger partial charge < -0.3 is 15.0 Å². The van der Waals surface area contributed by atoms with E-state index in [1.165, 1.54) is 45.3 Å². The Balaban J connectivity index is 1.72. The first-order chi connectivity index (χ1) is 8.69. The van der Waals surface area contributed by atoms with Gasteiger partial charge in [0.15, 0.2) is 0 Å². The first-order valence-corrected chi connectivity index (χ1v) is 7.79. The van der Waals surface area contributed by atoms with E-state index < -0.39 is 0 Å². The van der Waals surface area contributed by atoms with Gasteiger partial charge >= 0.3 is 0 Å². The Morgan fingerprint density at radius 1 is 1.28 bits per heavy atom. The van der Waals surface area contributed by atoms with Crippen molar-refractivity contribution in [2.75, 3.05) is 26.2 Å². The molecule has 0 aromatic rings. The molecule has 0 spiro atoms. The molecule has 3 unspecified atom stereocenters. The van der Waals surface area contributed by atoms with Crippen LogP contribution < -0.4 is 5.32 Å². The van der Waals surface area contributed by atoms with Crippen LogP contribution >= 0.6 is 0 Å². The van der Waals surface area contributed by atoms with E-state index in [1.807, 2.05) is 0 Å². The average molecular weight is 254 g/mol. The van der Waals surface area contributed by atoms with Crippen molar-refractivity contribution in [2.45, 2.75) is 64.6 Å². The van der Waals surface area contributed by atoms with Crippen LogP contribution in [0.3, 0.4) is 0 Å². The molecule has 2 aliphatic heterocycles. The smallest absolute Gasteiger partial charge is 0.0561 e. The maximum Gasteiger partial charge on any atom is 0.0561 e. The van der Waals surface area contributed by atoms with E-state index >= 15 is 0 Å². The zero-order valence-electron chi connectivity index (χ0n) is 12.3. The third kappa shape index (κ3) is 3.94. The van der Waals surface area contributed by atoms with Gasteiger partial charge in [-0.1, -0.05) is 6.92 Å². The van der Waals surface area contributed by atoms with Crippen molar-refractivity contribution in [3.63, 3.8) is 0 Å². The fourth-order valence-corrected chi connectivity index (χ4v) is 3.43. The van der Waals surface area contributed by atoms with Crippen LogP contribution in [0.25, 0.3) is 0 Å². The number of hydrogen-bond acceptors (Lipinski definition) is 3. The van der Waals surface area contributed by atoms with E-state index in [0.29, 0.717) is 18.2 Å². The third-order valence-corrected chi connectivity index (χ3v) is 4.77. The Kier molecular flexibility index (Phi) is 5.46. The molecule has 3 nitrogen and oxygen atoms in total. The predicted molar refractivity (Wildman–Crippen MR) is 75.9 cm³/mol. The first kappa shape index (κ1) is 14.3. The van der Waals surface area contributed by atoms with Crippen LogP contribution in [0.1, 0.15) is 46.5 Å². The lowest BCUT2D eigenvalue weighted by atomic mass is 9.89. The number of nitrogens with zero attached hydrogens (tertiary/aromatic N) is 1. The largest absolute Gasteiger partial charge is 0.378 e. The first-order valence-electron chi connectivity index (χ1n) is 7.79. The Morgan fingerprint density at radius 3 is 2.61 bits per heavy atom. The number of piperidine rings is 1. The maximum atomic E-state index is 5.62. The number of nitrogens with one attached hydrogen (secondary N) is 1. The van der Waals surface area contributed by atoms with E-state index in [0.717, 1.165) is 12.5 Å². The highest BCUT2D eigenvalue weighted by Gasteiger charge is 2.26. The van der Waals surface area contributed by atoms with Crippen LogP contribution in [0.5, 0.6) is 0 Å². The van der Waals surface area contributed by atoms with Crippen LogP contribution in [0.2, 0.25) is 0 Å². The van der Waals surface area contributed by atoms with E-state index in [2.05, 4.69) is 31.0 Å². The van der Waals surface area contributed by atoms with Gasteiger partial charge in [0, 0.05) is 18.7 Å². The standard InChI is InChI=1S/C15H30N2O/c1-4-17-8-5-14(6-9-17)13(3)16-15-7-10-18-12(2)11-15/h12-16H,4-11H2,1-3H3. The van der Waals surface area contributed by atoms with Crippen LogP contribution in [-0.4, -0.2) is 49.3 Å². The third-order valence-electron chi connectivity index (χ3n) is 4.77. The zero-order chi connectivity index (χ0) is 13.0. The van der Waals surface area contributed by atoms with Crippen molar-refractivity contribution in [3.8, 4) is 0 Å². The summed E-state index contributed by atoms with van der Waals surface area (Å²) >= 11 is 0. The SMILES string of the molecule is CCN1CCC(C(C)NC2CCOC(C)C2)CC1. The van der Waals surface area contributed by atoms with E-state index in [1.54, 1.807) is 0 Å². The molecule has 1 N–H and O–H groups in total. The van der Waals surface area contributed by atoms with Crippen molar-refractivity contribution in [3.05, 3.63) is 0 Å². The van der Waals surface area contributed by atoms with Gasteiger partial charge in [-0.3, -0.25) is 0 Å². The van der Waals surface area contributed by atoms with Crippen molar-refractivity contribution in [1.29, 1.82) is 0 Å². The number of rotatable bonds is 4. The van der Waals surface area contributed by atoms with Crippen LogP contribution in [-0.2, 0) is 4.74 Å². The van der Waals surface area contributed by atoms with Gasteiger partial charge in [-0.15, -0.1) is 0 Å². The van der Waals surface area contributed by atoms with Gasteiger partial charge in [0.05, 0.1) is 6.10 Å². The Morgan fingerprint density at radius 2 is 2.00 bits per heavy atom. The van der Waals surface area contributed by atoms with E-state index in [4.69, 9.17) is 4.74 Å². The molecule has 0 aromatic carbocycles. The second-order valence-corrected chi connectivity index (χ2v) is 6.13. The van der Waals surface area contributed by atoms with Crippen LogP contribution in [0.15, 0.2) is 0 Å². The van der Waals surface area contributed by atoms with Gasteiger partial charge in [-0.2, -0.15) is 0 Å². The molecule has 2 fully saturated rings. The quantitative estimate of drug-likeness (QED) is 0.833. The number of ether oxygens (including phenoxy) is 1. The van der Waals surface area contributed by atoms with Gasteiger partial charge in [0.2, 0.25) is 0 Å². The number of likely N-dealkylation sites (tertiary alicyclic amines) is 1. The maximum absolute atomic E-state index is 5.62. The van der Waals surface area contributed by atoms with Gasteiger partial charge in [0.1, 0.15) is 0 Å². The molecule has 3 atom stereocenters. The topological polar surface area (TPSA) is 24.5 Å². The summed E-state index contributed by atoms with van der Waals surface area (Å²) in [6.45, 7) is 11.6. The summed E-state index contributed by atoms with van der Waals surface area (Å²) in [5.41, 5.74) is 0. The summed E-state index contributed by atoms with van der Waals surface area (Å²) in [7, 11) is 0. The summed E-state index contributed by atoms with van der Waals surface area (Å²) in [6.07, 6.45) is 5.52. The van der Waals surface area contributed by atoms with E-state index in [9.17, 15) is 0 Å². The minimum absolute atomic E-state index is 0.436. The average Bonchev–Trinajstić information content (AvgIpc) is 2.39. The lowest BCUT2D eigenvalue weighted by Gasteiger charge is -2.37. The highest BCUT2D eigenvalue weighted by atomic mass is 16.5. The van der Waals surface area contributed by atoms with E-state index in [-0.39, 0.29) is 0 Å². The summed E-state index contributed by atoms with van der Waals surface area (Å²) in [4.78, 5) is 2.57. The molecule has 106 valence electrons. The van der Waals surface area contributed by atoms with Crippen molar-refractivity contribution < 1.29 is 4.74 Å². The monoisotopic (exact) mass is 254 g/mol.